The number of benzene rings is 1. The second-order valence-corrected chi connectivity index (χ2v) is 11.4. The van der Waals surface area contributed by atoms with Gasteiger partial charge in [0.05, 0.1) is 28.4 Å². The average molecular weight is 574 g/mol. The standard InChI is InChI=1S/C23H25N5O3S.C7H6O2/c29-21-3-1-15-2-4-22(30)28-18(13-27(21)23(15)28)12-26-7-5-16(6-8-26)24-10-17-9-20-19(11-25-17)31-14-32-20;8-7(9)6-4-2-1-3-5-6/h1-4,9,11,16,18,24H,5-8,10,12-14H2;1-5H,(H,8,9)/t18-;/m1./s1. The van der Waals surface area contributed by atoms with E-state index in [-0.39, 0.29) is 17.2 Å². The topological polar surface area (TPSA) is 119 Å². The number of hydrogen-bond donors (Lipinski definition) is 2. The molecule has 6 heterocycles. The minimum Gasteiger partial charge on any atom is -0.480 e. The highest BCUT2D eigenvalue weighted by molar-refractivity contribution is 7.99. The number of carbonyl (C=O) groups is 1. The van der Waals surface area contributed by atoms with Crippen LogP contribution in [-0.2, 0) is 13.1 Å². The van der Waals surface area contributed by atoms with Gasteiger partial charge in [-0.15, -0.1) is 0 Å². The minimum absolute atomic E-state index is 0.00106. The van der Waals surface area contributed by atoms with E-state index in [1.807, 2.05) is 22.9 Å². The number of aromatic nitrogens is 3. The van der Waals surface area contributed by atoms with Gasteiger partial charge in [-0.05, 0) is 56.3 Å². The molecule has 7 rings (SSSR count). The number of carboxylic acids is 1. The number of nitrogens with zero attached hydrogens (tertiary/aromatic N) is 4. The van der Waals surface area contributed by atoms with Gasteiger partial charge in [0.25, 0.3) is 11.1 Å². The Balaban J connectivity index is 0.000000289. The van der Waals surface area contributed by atoms with Crippen molar-refractivity contribution in [3.63, 3.8) is 0 Å². The molecule has 1 saturated heterocycles. The first-order valence-electron chi connectivity index (χ1n) is 13.7. The van der Waals surface area contributed by atoms with Crippen LogP contribution in [0.2, 0.25) is 0 Å². The maximum atomic E-state index is 12.6. The van der Waals surface area contributed by atoms with Gasteiger partial charge in [0, 0.05) is 43.2 Å². The Morgan fingerprint density at radius 3 is 2.54 bits per heavy atom. The molecule has 1 atom stereocenters. The second-order valence-electron chi connectivity index (χ2n) is 10.4. The molecule has 4 aromatic rings. The summed E-state index contributed by atoms with van der Waals surface area (Å²) in [6.07, 6.45) is 3.94. The van der Waals surface area contributed by atoms with E-state index < -0.39 is 5.97 Å². The van der Waals surface area contributed by atoms with E-state index in [9.17, 15) is 14.4 Å². The highest BCUT2D eigenvalue weighted by Gasteiger charge is 2.29. The number of fused-ring (bicyclic) bond motifs is 1. The SMILES string of the molecule is O=C(O)c1ccccc1.O=c1ccc2ccc(=O)n3c2n1C[C@H]3CN1CCC(NCc2cc3c(cn2)OCS3)CC1. The number of hydrogen-bond acceptors (Lipinski definition) is 8. The molecule has 0 saturated carbocycles. The van der Waals surface area contributed by atoms with Crippen LogP contribution in [0, 0.1) is 0 Å². The predicted molar refractivity (Wildman–Crippen MR) is 157 cm³/mol. The zero-order valence-electron chi connectivity index (χ0n) is 22.4. The lowest BCUT2D eigenvalue weighted by Gasteiger charge is -2.34. The van der Waals surface area contributed by atoms with Crippen LogP contribution in [0.4, 0.5) is 0 Å². The Morgan fingerprint density at radius 2 is 1.80 bits per heavy atom. The molecule has 0 aliphatic carbocycles. The van der Waals surface area contributed by atoms with Gasteiger partial charge in [-0.3, -0.25) is 23.7 Å². The van der Waals surface area contributed by atoms with Crippen molar-refractivity contribution in [3.05, 3.63) is 98.8 Å². The average Bonchev–Trinajstić information content (AvgIpc) is 3.62. The summed E-state index contributed by atoms with van der Waals surface area (Å²) in [4.78, 5) is 43.3. The quantitative estimate of drug-likeness (QED) is 0.359. The molecular weight excluding hydrogens is 542 g/mol. The molecule has 11 heteroatoms. The van der Waals surface area contributed by atoms with Crippen molar-refractivity contribution >= 4 is 28.8 Å². The van der Waals surface area contributed by atoms with Crippen molar-refractivity contribution in [2.75, 3.05) is 25.6 Å². The number of piperidine rings is 1. The summed E-state index contributed by atoms with van der Waals surface area (Å²) in [5.41, 5.74) is 2.08. The number of thioether (sulfide) groups is 1. The van der Waals surface area contributed by atoms with Crippen LogP contribution in [-0.4, -0.2) is 61.7 Å². The largest absolute Gasteiger partial charge is 0.480 e. The molecule has 0 spiro atoms. The van der Waals surface area contributed by atoms with Gasteiger partial charge in [0.1, 0.15) is 11.6 Å². The molecule has 3 aliphatic rings. The summed E-state index contributed by atoms with van der Waals surface area (Å²) in [5.74, 6) is 0.682. The summed E-state index contributed by atoms with van der Waals surface area (Å²) >= 11 is 1.71. The molecule has 0 amide bonds. The van der Waals surface area contributed by atoms with Crippen molar-refractivity contribution < 1.29 is 14.6 Å². The van der Waals surface area contributed by atoms with Crippen LogP contribution in [0.3, 0.4) is 0 Å². The monoisotopic (exact) mass is 573 g/mol. The fourth-order valence-corrected chi connectivity index (χ4v) is 6.46. The van der Waals surface area contributed by atoms with E-state index in [4.69, 9.17) is 9.84 Å². The lowest BCUT2D eigenvalue weighted by Crippen LogP contribution is -2.44. The Kier molecular flexibility index (Phi) is 7.91. The third kappa shape index (κ3) is 5.92. The molecule has 3 aromatic heterocycles. The first-order valence-corrected chi connectivity index (χ1v) is 14.7. The molecule has 1 aromatic carbocycles. The van der Waals surface area contributed by atoms with E-state index in [1.165, 1.54) is 4.90 Å². The van der Waals surface area contributed by atoms with Crippen LogP contribution in [0.25, 0.3) is 11.0 Å². The van der Waals surface area contributed by atoms with Gasteiger partial charge >= 0.3 is 5.97 Å². The first kappa shape index (κ1) is 27.3. The van der Waals surface area contributed by atoms with Gasteiger partial charge < -0.3 is 20.1 Å². The maximum absolute atomic E-state index is 12.6. The Bertz CT molecular complexity index is 1680. The van der Waals surface area contributed by atoms with E-state index >= 15 is 0 Å². The fourth-order valence-electron chi connectivity index (χ4n) is 5.68. The van der Waals surface area contributed by atoms with Crippen molar-refractivity contribution in [3.8, 4) is 5.75 Å². The zero-order chi connectivity index (χ0) is 28.3. The predicted octanol–water partition coefficient (Wildman–Crippen LogP) is 3.19. The number of likely N-dealkylation sites (tertiary alicyclic amines) is 1. The first-order chi connectivity index (χ1) is 20.0. The van der Waals surface area contributed by atoms with Gasteiger partial charge in [-0.25, -0.2) is 4.79 Å². The van der Waals surface area contributed by atoms with Crippen molar-refractivity contribution in [1.29, 1.82) is 0 Å². The summed E-state index contributed by atoms with van der Waals surface area (Å²) in [5, 5.41) is 13.0. The smallest absolute Gasteiger partial charge is 0.335 e. The van der Waals surface area contributed by atoms with Crippen molar-refractivity contribution in [2.24, 2.45) is 0 Å². The van der Waals surface area contributed by atoms with E-state index in [0.717, 1.165) is 61.5 Å². The van der Waals surface area contributed by atoms with Gasteiger partial charge in [-0.1, -0.05) is 30.0 Å². The van der Waals surface area contributed by atoms with Gasteiger partial charge in [-0.2, -0.15) is 0 Å². The highest BCUT2D eigenvalue weighted by atomic mass is 32.2. The lowest BCUT2D eigenvalue weighted by atomic mass is 10.0. The Labute approximate surface area is 240 Å². The van der Waals surface area contributed by atoms with Crippen LogP contribution in [0.5, 0.6) is 5.75 Å². The maximum Gasteiger partial charge on any atom is 0.335 e. The van der Waals surface area contributed by atoms with Crippen LogP contribution >= 0.6 is 11.8 Å². The summed E-state index contributed by atoms with van der Waals surface area (Å²) in [6, 6.07) is 17.7. The normalized spacial score (nSPS) is 18.0. The summed E-state index contributed by atoms with van der Waals surface area (Å²) in [6.45, 7) is 4.07. The van der Waals surface area contributed by atoms with Crippen LogP contribution in [0.1, 0.15) is 34.9 Å². The number of carboxylic acid groups (broad SMARTS) is 1. The Morgan fingerprint density at radius 1 is 1.05 bits per heavy atom. The molecule has 0 radical (unpaired) electrons. The van der Waals surface area contributed by atoms with E-state index in [0.29, 0.717) is 24.1 Å². The van der Waals surface area contributed by atoms with Gasteiger partial charge in [0.15, 0.2) is 5.75 Å². The summed E-state index contributed by atoms with van der Waals surface area (Å²) in [7, 11) is 0. The number of rotatable bonds is 6. The number of nitrogens with one attached hydrogen (secondary N) is 1. The minimum atomic E-state index is -0.879. The summed E-state index contributed by atoms with van der Waals surface area (Å²) < 4.78 is 9.08. The van der Waals surface area contributed by atoms with Crippen LogP contribution < -0.4 is 21.2 Å². The van der Waals surface area contributed by atoms with Crippen molar-refractivity contribution in [1.82, 2.24) is 24.3 Å². The third-order valence-electron chi connectivity index (χ3n) is 7.78. The van der Waals surface area contributed by atoms with E-state index in [2.05, 4.69) is 21.3 Å². The number of aromatic carboxylic acids is 1. The molecule has 212 valence electrons. The van der Waals surface area contributed by atoms with Crippen LogP contribution in [0.15, 0.2) is 81.3 Å². The zero-order valence-corrected chi connectivity index (χ0v) is 23.3. The molecule has 3 aliphatic heterocycles. The van der Waals surface area contributed by atoms with Crippen molar-refractivity contribution in [2.45, 2.75) is 42.9 Å². The van der Waals surface area contributed by atoms with Gasteiger partial charge in [0.2, 0.25) is 0 Å². The highest BCUT2D eigenvalue weighted by Crippen LogP contribution is 2.35. The number of ether oxygens (including phenoxy) is 1. The third-order valence-corrected chi connectivity index (χ3v) is 8.65. The molecule has 1 fully saturated rings. The number of pyridine rings is 3. The molecule has 0 bridgehead atoms. The molecule has 41 heavy (non-hydrogen) atoms. The second kappa shape index (κ2) is 11.9. The van der Waals surface area contributed by atoms with E-state index in [1.54, 1.807) is 58.8 Å². The molecular formula is C30H31N5O5S. The molecule has 0 unspecified atom stereocenters. The Hall–Kier alpha value is -3.93. The lowest BCUT2D eigenvalue weighted by molar-refractivity contribution is 0.0697. The molecule has 10 nitrogen and oxygen atoms in total. The fraction of sp³-hybridized carbons (Fsp3) is 0.333. The molecule has 2 N–H and O–H groups in total.